The molecule has 2 nitrogen and oxygen atoms in total. The highest BCUT2D eigenvalue weighted by atomic mass is 16.6. The summed E-state index contributed by atoms with van der Waals surface area (Å²) in [6, 6.07) is 0. The third kappa shape index (κ3) is 8.02. The summed E-state index contributed by atoms with van der Waals surface area (Å²) in [4.78, 5) is 0. The normalized spacial score (nSPS) is 13.8. The zero-order valence-electron chi connectivity index (χ0n) is 8.55. The first kappa shape index (κ1) is 11.9. The van der Waals surface area contributed by atoms with Crippen LogP contribution in [0, 0.1) is 5.92 Å². The van der Waals surface area contributed by atoms with E-state index in [9.17, 15) is 5.11 Å². The van der Waals surface area contributed by atoms with Crippen LogP contribution in [-0.2, 0) is 4.74 Å². The van der Waals surface area contributed by atoms with Crippen molar-refractivity contribution in [3.05, 3.63) is 0 Å². The minimum absolute atomic E-state index is 0.506. The molecule has 1 N–H and O–H groups in total. The highest BCUT2D eigenvalue weighted by Crippen LogP contribution is 2.06. The van der Waals surface area contributed by atoms with Gasteiger partial charge < -0.3 is 9.84 Å². The largest absolute Gasteiger partial charge is 0.368 e. The van der Waals surface area contributed by atoms with E-state index < -0.39 is 6.29 Å². The van der Waals surface area contributed by atoms with E-state index in [1.54, 1.807) is 0 Å². The molecule has 0 amide bonds. The van der Waals surface area contributed by atoms with Crippen molar-refractivity contribution >= 4 is 0 Å². The molecule has 0 saturated carbocycles. The van der Waals surface area contributed by atoms with Crippen molar-refractivity contribution in [2.45, 2.75) is 52.7 Å². The monoisotopic (exact) mass is 174 g/mol. The Morgan fingerprint density at radius 2 is 1.92 bits per heavy atom. The first-order valence-electron chi connectivity index (χ1n) is 4.96. The van der Waals surface area contributed by atoms with Gasteiger partial charge >= 0.3 is 0 Å². The lowest BCUT2D eigenvalue weighted by atomic mass is 10.1. The second-order valence-electron chi connectivity index (χ2n) is 3.66. The number of ether oxygens (including phenoxy) is 1. The van der Waals surface area contributed by atoms with Gasteiger partial charge in [-0.15, -0.1) is 0 Å². The number of aliphatic hydroxyl groups is 1. The first-order chi connectivity index (χ1) is 5.66. The van der Waals surface area contributed by atoms with E-state index in [0.29, 0.717) is 12.5 Å². The van der Waals surface area contributed by atoms with Crippen LogP contribution in [0.3, 0.4) is 0 Å². The maximum absolute atomic E-state index is 9.30. The summed E-state index contributed by atoms with van der Waals surface area (Å²) in [7, 11) is 0. The Bertz CT molecular complexity index is 91.8. The Hall–Kier alpha value is -0.0800. The van der Waals surface area contributed by atoms with Gasteiger partial charge in [0.05, 0.1) is 0 Å². The van der Waals surface area contributed by atoms with Gasteiger partial charge in [0.1, 0.15) is 0 Å². The molecule has 1 unspecified atom stereocenters. The van der Waals surface area contributed by atoms with E-state index in [0.717, 1.165) is 12.8 Å². The van der Waals surface area contributed by atoms with E-state index in [-0.39, 0.29) is 0 Å². The highest BCUT2D eigenvalue weighted by molar-refractivity contribution is 4.48. The van der Waals surface area contributed by atoms with Gasteiger partial charge in [-0.05, 0) is 12.3 Å². The fourth-order valence-corrected chi connectivity index (χ4v) is 1.04. The second-order valence-corrected chi connectivity index (χ2v) is 3.66. The molecule has 0 rings (SSSR count). The molecule has 0 spiro atoms. The summed E-state index contributed by atoms with van der Waals surface area (Å²) < 4.78 is 5.21. The number of aliphatic hydroxyl groups excluding tert-OH is 1. The Kier molecular flexibility index (Phi) is 7.51. The lowest BCUT2D eigenvalue weighted by molar-refractivity contribution is -0.109. The molecule has 0 radical (unpaired) electrons. The second kappa shape index (κ2) is 7.56. The molecule has 0 aromatic rings. The number of hydrogen-bond acceptors (Lipinski definition) is 2. The SMILES string of the molecule is CCCCCOC(O)CC(C)C. The summed E-state index contributed by atoms with van der Waals surface area (Å²) >= 11 is 0. The van der Waals surface area contributed by atoms with E-state index in [4.69, 9.17) is 4.74 Å². The van der Waals surface area contributed by atoms with Gasteiger partial charge in [0.25, 0.3) is 0 Å². The molecule has 0 fully saturated rings. The molecule has 0 bridgehead atoms. The van der Waals surface area contributed by atoms with Crippen LogP contribution in [0.25, 0.3) is 0 Å². The minimum atomic E-state index is -0.554. The highest BCUT2D eigenvalue weighted by Gasteiger charge is 2.05. The topological polar surface area (TPSA) is 29.5 Å². The fraction of sp³-hybridized carbons (Fsp3) is 1.00. The maximum atomic E-state index is 9.30. The van der Waals surface area contributed by atoms with Gasteiger partial charge in [-0.1, -0.05) is 33.6 Å². The van der Waals surface area contributed by atoms with Gasteiger partial charge in [-0.3, -0.25) is 0 Å². The van der Waals surface area contributed by atoms with Crippen molar-refractivity contribution in [1.82, 2.24) is 0 Å². The minimum Gasteiger partial charge on any atom is -0.368 e. The summed E-state index contributed by atoms with van der Waals surface area (Å²) in [6.07, 6.45) is 3.64. The number of unbranched alkanes of at least 4 members (excludes halogenated alkanes) is 2. The lowest BCUT2D eigenvalue weighted by Gasteiger charge is -2.13. The summed E-state index contributed by atoms with van der Waals surface area (Å²) in [5, 5.41) is 9.30. The van der Waals surface area contributed by atoms with E-state index in [1.165, 1.54) is 12.8 Å². The van der Waals surface area contributed by atoms with Crippen molar-refractivity contribution in [3.8, 4) is 0 Å². The number of rotatable bonds is 7. The van der Waals surface area contributed by atoms with Crippen molar-refractivity contribution in [1.29, 1.82) is 0 Å². The average Bonchev–Trinajstić information content (AvgIpc) is 1.97. The zero-order valence-corrected chi connectivity index (χ0v) is 8.55. The fourth-order valence-electron chi connectivity index (χ4n) is 1.04. The van der Waals surface area contributed by atoms with Crippen LogP contribution in [0.5, 0.6) is 0 Å². The molecule has 0 aromatic heterocycles. The zero-order chi connectivity index (χ0) is 9.40. The Labute approximate surface area is 75.9 Å². The van der Waals surface area contributed by atoms with Crippen LogP contribution < -0.4 is 0 Å². The smallest absolute Gasteiger partial charge is 0.154 e. The Morgan fingerprint density at radius 1 is 1.25 bits per heavy atom. The van der Waals surface area contributed by atoms with Crippen LogP contribution in [-0.4, -0.2) is 18.0 Å². The van der Waals surface area contributed by atoms with Gasteiger partial charge in [0.2, 0.25) is 0 Å². The molecule has 0 heterocycles. The van der Waals surface area contributed by atoms with Crippen LogP contribution in [0.4, 0.5) is 0 Å². The third-order valence-corrected chi connectivity index (χ3v) is 1.73. The third-order valence-electron chi connectivity index (χ3n) is 1.73. The van der Waals surface area contributed by atoms with Gasteiger partial charge in [0, 0.05) is 13.0 Å². The van der Waals surface area contributed by atoms with Gasteiger partial charge in [-0.25, -0.2) is 0 Å². The van der Waals surface area contributed by atoms with Crippen molar-refractivity contribution in [2.75, 3.05) is 6.61 Å². The van der Waals surface area contributed by atoms with Crippen molar-refractivity contribution in [2.24, 2.45) is 5.92 Å². The molecule has 74 valence electrons. The summed E-state index contributed by atoms with van der Waals surface area (Å²) in [6.45, 7) is 7.02. The molecular weight excluding hydrogens is 152 g/mol. The molecule has 0 aliphatic carbocycles. The van der Waals surface area contributed by atoms with Crippen LogP contribution in [0.2, 0.25) is 0 Å². The standard InChI is InChI=1S/C10H22O2/c1-4-5-6-7-12-10(11)8-9(2)3/h9-11H,4-8H2,1-3H3. The van der Waals surface area contributed by atoms with E-state index >= 15 is 0 Å². The molecule has 0 saturated heterocycles. The van der Waals surface area contributed by atoms with Gasteiger partial charge in [0.15, 0.2) is 6.29 Å². The van der Waals surface area contributed by atoms with Crippen molar-refractivity contribution in [3.63, 3.8) is 0 Å². The lowest BCUT2D eigenvalue weighted by Crippen LogP contribution is -2.15. The molecule has 0 aliphatic rings. The first-order valence-corrected chi connectivity index (χ1v) is 4.96. The van der Waals surface area contributed by atoms with E-state index in [1.807, 2.05) is 0 Å². The molecule has 12 heavy (non-hydrogen) atoms. The van der Waals surface area contributed by atoms with Crippen LogP contribution in [0.1, 0.15) is 46.5 Å². The predicted molar refractivity (Wildman–Crippen MR) is 50.9 cm³/mol. The average molecular weight is 174 g/mol. The quantitative estimate of drug-likeness (QED) is 0.475. The maximum Gasteiger partial charge on any atom is 0.154 e. The molecule has 1 atom stereocenters. The number of hydrogen-bond donors (Lipinski definition) is 1. The summed E-state index contributed by atoms with van der Waals surface area (Å²) in [5.74, 6) is 0.506. The molecule has 2 heteroatoms. The molecule has 0 aliphatic heterocycles. The molecule has 0 aromatic carbocycles. The van der Waals surface area contributed by atoms with Crippen LogP contribution >= 0.6 is 0 Å². The predicted octanol–water partition coefficient (Wildman–Crippen LogP) is 2.56. The van der Waals surface area contributed by atoms with Gasteiger partial charge in [-0.2, -0.15) is 0 Å². The molecular formula is C10H22O2. The Balaban J connectivity index is 3.14. The Morgan fingerprint density at radius 3 is 2.42 bits per heavy atom. The van der Waals surface area contributed by atoms with Crippen LogP contribution in [0.15, 0.2) is 0 Å². The summed E-state index contributed by atoms with van der Waals surface area (Å²) in [5.41, 5.74) is 0. The van der Waals surface area contributed by atoms with Crippen molar-refractivity contribution < 1.29 is 9.84 Å². The van der Waals surface area contributed by atoms with E-state index in [2.05, 4.69) is 20.8 Å².